The normalized spacial score (nSPS) is 26.8. The number of rotatable bonds is 2. The molecule has 13 heavy (non-hydrogen) atoms. The Morgan fingerprint density at radius 2 is 2.46 bits per heavy atom. The molecule has 1 aliphatic rings. The first kappa shape index (κ1) is 9.73. The lowest BCUT2D eigenvalue weighted by molar-refractivity contribution is -0.153. The van der Waals surface area contributed by atoms with E-state index in [4.69, 9.17) is 0 Å². The Labute approximate surface area is 75.4 Å². The fourth-order valence-electron chi connectivity index (χ4n) is 1.03. The summed E-state index contributed by atoms with van der Waals surface area (Å²) in [7, 11) is 0. The minimum atomic E-state index is -1.34. The van der Waals surface area contributed by atoms with E-state index in [0.29, 0.717) is 0 Å². The van der Waals surface area contributed by atoms with Crippen molar-refractivity contribution in [2.24, 2.45) is 5.92 Å². The number of nitrogens with one attached hydrogen (secondary N) is 1. The summed E-state index contributed by atoms with van der Waals surface area (Å²) in [6.45, 7) is 1.90. The monoisotopic (exact) mass is 185 g/mol. The standard InChI is InChI=1S/C8H11NO4/c1-2-13-8(12)5-3-4-9-7(11)6(5)10/h3-6,10H,2H2,1H3,(H,9,11)/t5-,6+/m1/s1. The minimum Gasteiger partial charge on any atom is -0.465 e. The highest BCUT2D eigenvalue weighted by Gasteiger charge is 2.33. The van der Waals surface area contributed by atoms with Crippen molar-refractivity contribution >= 4 is 11.9 Å². The predicted octanol–water partition coefficient (Wildman–Crippen LogP) is -0.830. The first-order valence-corrected chi connectivity index (χ1v) is 3.98. The average molecular weight is 185 g/mol. The molecular weight excluding hydrogens is 174 g/mol. The molecule has 0 bridgehead atoms. The van der Waals surface area contributed by atoms with Gasteiger partial charge in [-0.25, -0.2) is 0 Å². The molecule has 1 aliphatic heterocycles. The summed E-state index contributed by atoms with van der Waals surface area (Å²) < 4.78 is 4.67. The fraction of sp³-hybridized carbons (Fsp3) is 0.500. The zero-order valence-electron chi connectivity index (χ0n) is 7.19. The number of esters is 1. The third kappa shape index (κ3) is 2.06. The second-order valence-electron chi connectivity index (χ2n) is 2.59. The summed E-state index contributed by atoms with van der Waals surface area (Å²) in [5, 5.41) is 11.6. The maximum absolute atomic E-state index is 11.1. The van der Waals surface area contributed by atoms with Crippen LogP contribution in [-0.4, -0.2) is 29.7 Å². The van der Waals surface area contributed by atoms with E-state index in [1.54, 1.807) is 6.92 Å². The van der Waals surface area contributed by atoms with Crippen LogP contribution in [-0.2, 0) is 14.3 Å². The molecular formula is C8H11NO4. The number of amides is 1. The molecule has 0 unspecified atom stereocenters. The number of aliphatic hydroxyl groups is 1. The van der Waals surface area contributed by atoms with Crippen molar-refractivity contribution in [1.29, 1.82) is 0 Å². The predicted molar refractivity (Wildman–Crippen MR) is 43.4 cm³/mol. The summed E-state index contributed by atoms with van der Waals surface area (Å²) in [5.41, 5.74) is 0. The van der Waals surface area contributed by atoms with Gasteiger partial charge in [0, 0.05) is 6.20 Å². The summed E-state index contributed by atoms with van der Waals surface area (Å²) in [6.07, 6.45) is 1.39. The number of hydrogen-bond acceptors (Lipinski definition) is 4. The molecule has 0 aliphatic carbocycles. The molecule has 0 fully saturated rings. The van der Waals surface area contributed by atoms with Crippen LogP contribution in [0.5, 0.6) is 0 Å². The van der Waals surface area contributed by atoms with E-state index in [9.17, 15) is 14.7 Å². The Kier molecular flexibility index (Phi) is 3.02. The third-order valence-corrected chi connectivity index (χ3v) is 1.70. The maximum Gasteiger partial charge on any atom is 0.316 e. The summed E-state index contributed by atoms with van der Waals surface area (Å²) >= 11 is 0. The van der Waals surface area contributed by atoms with Crippen LogP contribution in [0.15, 0.2) is 12.3 Å². The Morgan fingerprint density at radius 1 is 1.77 bits per heavy atom. The molecule has 1 rings (SSSR count). The van der Waals surface area contributed by atoms with E-state index in [1.807, 2.05) is 0 Å². The molecule has 5 nitrogen and oxygen atoms in total. The van der Waals surface area contributed by atoms with E-state index >= 15 is 0 Å². The van der Waals surface area contributed by atoms with Gasteiger partial charge in [-0.1, -0.05) is 6.08 Å². The van der Waals surface area contributed by atoms with Gasteiger partial charge in [0.25, 0.3) is 5.91 Å². The van der Waals surface area contributed by atoms with Crippen LogP contribution in [0.2, 0.25) is 0 Å². The maximum atomic E-state index is 11.1. The highest BCUT2D eigenvalue weighted by atomic mass is 16.5. The molecule has 0 radical (unpaired) electrons. The number of ether oxygens (including phenoxy) is 1. The lowest BCUT2D eigenvalue weighted by atomic mass is 10.00. The Bertz CT molecular complexity index is 249. The lowest BCUT2D eigenvalue weighted by Crippen LogP contribution is -2.43. The van der Waals surface area contributed by atoms with Crippen LogP contribution in [0.3, 0.4) is 0 Å². The third-order valence-electron chi connectivity index (χ3n) is 1.70. The second kappa shape index (κ2) is 4.04. The van der Waals surface area contributed by atoms with Crippen molar-refractivity contribution in [1.82, 2.24) is 5.32 Å². The molecule has 0 aromatic heterocycles. The van der Waals surface area contributed by atoms with E-state index in [1.165, 1.54) is 12.3 Å². The van der Waals surface area contributed by atoms with Crippen LogP contribution in [0.25, 0.3) is 0 Å². The van der Waals surface area contributed by atoms with Crippen molar-refractivity contribution in [3.05, 3.63) is 12.3 Å². The first-order chi connectivity index (χ1) is 6.16. The molecule has 1 amide bonds. The topological polar surface area (TPSA) is 75.6 Å². The van der Waals surface area contributed by atoms with Crippen LogP contribution < -0.4 is 5.32 Å². The smallest absolute Gasteiger partial charge is 0.316 e. The molecule has 0 saturated heterocycles. The number of aliphatic hydroxyl groups excluding tert-OH is 1. The quantitative estimate of drug-likeness (QED) is 0.550. The Hall–Kier alpha value is -1.36. The van der Waals surface area contributed by atoms with E-state index in [2.05, 4.69) is 10.1 Å². The van der Waals surface area contributed by atoms with Gasteiger partial charge >= 0.3 is 5.97 Å². The van der Waals surface area contributed by atoms with Gasteiger partial charge in [0.2, 0.25) is 0 Å². The average Bonchev–Trinajstić information content (AvgIpc) is 2.10. The van der Waals surface area contributed by atoms with Crippen LogP contribution in [0.4, 0.5) is 0 Å². The molecule has 1 heterocycles. The van der Waals surface area contributed by atoms with Crippen molar-refractivity contribution in [3.8, 4) is 0 Å². The minimum absolute atomic E-state index is 0.234. The zero-order valence-corrected chi connectivity index (χ0v) is 7.19. The molecule has 72 valence electrons. The second-order valence-corrected chi connectivity index (χ2v) is 2.59. The molecule has 5 heteroatoms. The Morgan fingerprint density at radius 3 is 3.08 bits per heavy atom. The van der Waals surface area contributed by atoms with E-state index in [0.717, 1.165) is 0 Å². The molecule has 2 atom stereocenters. The number of hydrogen-bond donors (Lipinski definition) is 2. The van der Waals surface area contributed by atoms with Gasteiger partial charge in [-0.05, 0) is 6.92 Å². The van der Waals surface area contributed by atoms with Crippen LogP contribution in [0, 0.1) is 5.92 Å². The highest BCUT2D eigenvalue weighted by Crippen LogP contribution is 2.11. The van der Waals surface area contributed by atoms with Gasteiger partial charge in [-0.2, -0.15) is 0 Å². The van der Waals surface area contributed by atoms with Crippen molar-refractivity contribution in [2.75, 3.05) is 6.61 Å². The zero-order chi connectivity index (χ0) is 9.84. The SMILES string of the molecule is CCOC(=O)[C@@H]1C=CNC(=O)[C@H]1O. The van der Waals surface area contributed by atoms with Gasteiger partial charge in [-0.3, -0.25) is 9.59 Å². The van der Waals surface area contributed by atoms with E-state index in [-0.39, 0.29) is 6.61 Å². The van der Waals surface area contributed by atoms with Crippen LogP contribution in [0.1, 0.15) is 6.92 Å². The molecule has 2 N–H and O–H groups in total. The van der Waals surface area contributed by atoms with Crippen molar-refractivity contribution in [2.45, 2.75) is 13.0 Å². The molecule has 0 aromatic rings. The van der Waals surface area contributed by atoms with E-state index < -0.39 is 23.9 Å². The Balaban J connectivity index is 2.68. The fourth-order valence-corrected chi connectivity index (χ4v) is 1.03. The first-order valence-electron chi connectivity index (χ1n) is 3.98. The highest BCUT2D eigenvalue weighted by molar-refractivity contribution is 5.90. The molecule has 0 aromatic carbocycles. The molecule has 0 saturated carbocycles. The van der Waals surface area contributed by atoms with Gasteiger partial charge in [0.15, 0.2) is 0 Å². The summed E-state index contributed by atoms with van der Waals surface area (Å²) in [4.78, 5) is 22.0. The van der Waals surface area contributed by atoms with Gasteiger partial charge < -0.3 is 15.2 Å². The van der Waals surface area contributed by atoms with Crippen molar-refractivity contribution < 1.29 is 19.4 Å². The van der Waals surface area contributed by atoms with Crippen LogP contribution >= 0.6 is 0 Å². The summed E-state index contributed by atoms with van der Waals surface area (Å²) in [6, 6.07) is 0. The largest absolute Gasteiger partial charge is 0.465 e. The number of carbonyl (C=O) groups is 2. The summed E-state index contributed by atoms with van der Waals surface area (Å²) in [5.74, 6) is -2.05. The molecule has 0 spiro atoms. The number of carbonyl (C=O) groups excluding carboxylic acids is 2. The van der Waals surface area contributed by atoms with Gasteiger partial charge in [0.1, 0.15) is 12.0 Å². The van der Waals surface area contributed by atoms with Gasteiger partial charge in [-0.15, -0.1) is 0 Å². The lowest BCUT2D eigenvalue weighted by Gasteiger charge is -2.20. The van der Waals surface area contributed by atoms with Crippen molar-refractivity contribution in [3.63, 3.8) is 0 Å². The van der Waals surface area contributed by atoms with Gasteiger partial charge in [0.05, 0.1) is 6.61 Å².